The minimum Gasteiger partial charge on any atom is -0.368 e. The lowest BCUT2D eigenvalue weighted by Gasteiger charge is -2.37. The van der Waals surface area contributed by atoms with E-state index in [2.05, 4.69) is 72.1 Å². The third-order valence-corrected chi connectivity index (χ3v) is 12.4. The second kappa shape index (κ2) is 13.7. The first-order chi connectivity index (χ1) is 23.0. The number of likely N-dealkylation sites (tertiary alicyclic amines) is 1. The Morgan fingerprint density at radius 3 is 2.50 bits per heavy atom. The number of aromatic nitrogens is 3. The molecular formula is C34H42F3N9S2. The highest BCUT2D eigenvalue weighted by Crippen LogP contribution is 2.37. The summed E-state index contributed by atoms with van der Waals surface area (Å²) in [6.45, 7) is 12.1. The number of aryl methyl sites for hydroxylation is 1. The zero-order valence-electron chi connectivity index (χ0n) is 27.4. The number of thiophene rings is 1. The third-order valence-electron chi connectivity index (χ3n) is 9.91. The summed E-state index contributed by atoms with van der Waals surface area (Å²) in [5, 5.41) is 16.1. The number of fused-ring (bicyclic) bond motifs is 2. The van der Waals surface area contributed by atoms with Gasteiger partial charge in [-0.15, -0.1) is 11.3 Å². The molecule has 3 aromatic heterocycles. The molecule has 3 fully saturated rings. The Labute approximate surface area is 287 Å². The number of piperazine rings is 1. The lowest BCUT2D eigenvalue weighted by molar-refractivity contribution is -0.126. The van der Waals surface area contributed by atoms with Crippen LogP contribution < -0.4 is 11.1 Å². The van der Waals surface area contributed by atoms with Gasteiger partial charge in [-0.2, -0.15) is 23.4 Å². The molecule has 48 heavy (non-hydrogen) atoms. The maximum Gasteiger partial charge on any atom is 0.393 e. The van der Waals surface area contributed by atoms with E-state index in [1.807, 2.05) is 11.9 Å². The summed E-state index contributed by atoms with van der Waals surface area (Å²) >= 11 is 3.06. The molecular weight excluding hydrogens is 656 g/mol. The number of anilines is 2. The van der Waals surface area contributed by atoms with Crippen LogP contribution in [0.25, 0.3) is 21.1 Å². The van der Waals surface area contributed by atoms with Crippen molar-refractivity contribution >= 4 is 56.2 Å². The average Bonchev–Trinajstić information content (AvgIpc) is 3.66. The molecule has 9 nitrogen and oxygen atoms in total. The number of hydrogen-bond acceptors (Lipinski definition) is 10. The molecule has 0 radical (unpaired) electrons. The molecule has 0 amide bonds. The van der Waals surface area contributed by atoms with Gasteiger partial charge in [-0.25, -0.2) is 9.29 Å². The van der Waals surface area contributed by atoms with Crippen molar-refractivity contribution in [1.29, 1.82) is 5.26 Å². The number of piperidine rings is 1. The predicted molar refractivity (Wildman–Crippen MR) is 188 cm³/mol. The first kappa shape index (κ1) is 33.4. The predicted octanol–water partition coefficient (Wildman–Crippen LogP) is 6.41. The van der Waals surface area contributed by atoms with E-state index in [1.165, 1.54) is 30.0 Å². The van der Waals surface area contributed by atoms with Crippen molar-refractivity contribution in [3.05, 3.63) is 46.0 Å². The lowest BCUT2D eigenvalue weighted by atomic mass is 10.0. The van der Waals surface area contributed by atoms with Crippen molar-refractivity contribution in [2.45, 2.75) is 82.6 Å². The fourth-order valence-electron chi connectivity index (χ4n) is 7.05. The number of nitriles is 1. The van der Waals surface area contributed by atoms with Gasteiger partial charge in [0, 0.05) is 85.5 Å². The number of benzene rings is 1. The molecule has 256 valence electrons. The number of rotatable bonds is 10. The largest absolute Gasteiger partial charge is 0.393 e. The first-order valence-corrected chi connectivity index (χ1v) is 18.5. The molecule has 2 aliphatic heterocycles. The molecule has 14 heteroatoms. The topological polar surface area (TPSA) is 102 Å². The van der Waals surface area contributed by atoms with Gasteiger partial charge in [0.2, 0.25) is 5.95 Å². The van der Waals surface area contributed by atoms with Gasteiger partial charge in [-0.1, -0.05) is 18.0 Å². The molecule has 3 aliphatic rings. The van der Waals surface area contributed by atoms with Gasteiger partial charge in [0.15, 0.2) is 0 Å². The molecule has 2 saturated heterocycles. The molecule has 0 spiro atoms. The van der Waals surface area contributed by atoms with Crippen LogP contribution >= 0.6 is 23.3 Å². The Hall–Kier alpha value is -3.09. The number of nitrogens with zero attached hydrogens (tertiary/aromatic N) is 7. The molecule has 1 saturated carbocycles. The molecule has 4 aromatic rings. The summed E-state index contributed by atoms with van der Waals surface area (Å²) in [5.74, 6) is 0.557. The summed E-state index contributed by atoms with van der Waals surface area (Å²) in [6, 6.07) is 10.9. The van der Waals surface area contributed by atoms with E-state index in [4.69, 9.17) is 5.73 Å². The normalized spacial score (nSPS) is 19.7. The fourth-order valence-corrected chi connectivity index (χ4v) is 9.26. The molecule has 0 unspecified atom stereocenters. The van der Waals surface area contributed by atoms with Crippen LogP contribution in [0, 0.1) is 18.3 Å². The quantitative estimate of drug-likeness (QED) is 0.182. The molecule has 5 heterocycles. The zero-order valence-corrected chi connectivity index (χ0v) is 29.0. The van der Waals surface area contributed by atoms with Crippen LogP contribution in [0.4, 0.5) is 24.9 Å². The molecule has 1 atom stereocenters. The summed E-state index contributed by atoms with van der Waals surface area (Å²) in [7, 11) is 0. The van der Waals surface area contributed by atoms with Gasteiger partial charge in [0.1, 0.15) is 22.4 Å². The van der Waals surface area contributed by atoms with Crippen molar-refractivity contribution in [3.8, 4) is 6.07 Å². The van der Waals surface area contributed by atoms with Gasteiger partial charge in [-0.3, -0.25) is 9.80 Å². The van der Waals surface area contributed by atoms with Crippen molar-refractivity contribution in [3.63, 3.8) is 0 Å². The standard InChI is InChI=1S/C34H42F3N9S2/c1-21(44-11-13-45(14-12-44)48-26-4-5-26)19-46-25(18-38)15-28-22(2)23(3-6-30(28)46)20-43-9-7-24(8-10-43)40-31-29-16-27(17-34(35,36)37)47-32(29)42-33(39)41-31/h3,6,15-16,21,24,26H,4-5,7-14,17,19-20H2,1-2H3,(H3,39,40,41,42)/t21-/m0/s1. The number of halogens is 3. The second-order valence-corrected chi connectivity index (χ2v) is 16.0. The van der Waals surface area contributed by atoms with E-state index in [9.17, 15) is 18.4 Å². The molecule has 0 bridgehead atoms. The van der Waals surface area contributed by atoms with E-state index in [0.29, 0.717) is 27.8 Å². The van der Waals surface area contributed by atoms with Gasteiger partial charge < -0.3 is 15.6 Å². The molecule has 1 aliphatic carbocycles. The molecule has 3 N–H and O–H groups in total. The highest BCUT2D eigenvalue weighted by atomic mass is 32.2. The van der Waals surface area contributed by atoms with Crippen LogP contribution in [0.2, 0.25) is 0 Å². The first-order valence-electron chi connectivity index (χ1n) is 16.8. The highest BCUT2D eigenvalue weighted by Gasteiger charge is 2.31. The monoisotopic (exact) mass is 697 g/mol. The molecule has 1 aromatic carbocycles. The summed E-state index contributed by atoms with van der Waals surface area (Å²) in [6.07, 6.45) is -0.820. The third kappa shape index (κ3) is 7.55. The number of nitrogen functional groups attached to an aromatic ring is 1. The number of nitrogens with two attached hydrogens (primary N) is 1. The van der Waals surface area contributed by atoms with Crippen LogP contribution in [0.1, 0.15) is 54.3 Å². The summed E-state index contributed by atoms with van der Waals surface area (Å²) in [5.41, 5.74) is 10.2. The Kier molecular flexibility index (Phi) is 9.51. The minimum atomic E-state index is -4.28. The number of nitrogens with one attached hydrogen (secondary N) is 1. The van der Waals surface area contributed by atoms with Crippen LogP contribution in [0.15, 0.2) is 24.3 Å². The van der Waals surface area contributed by atoms with Crippen molar-refractivity contribution in [2.24, 2.45) is 0 Å². The van der Waals surface area contributed by atoms with Crippen LogP contribution in [-0.4, -0.2) is 91.4 Å². The van der Waals surface area contributed by atoms with Crippen LogP contribution in [0.3, 0.4) is 0 Å². The number of hydrogen-bond donors (Lipinski definition) is 2. The smallest absolute Gasteiger partial charge is 0.368 e. The van der Waals surface area contributed by atoms with Crippen molar-refractivity contribution < 1.29 is 13.2 Å². The minimum absolute atomic E-state index is 0.0534. The van der Waals surface area contributed by atoms with E-state index < -0.39 is 12.6 Å². The highest BCUT2D eigenvalue weighted by molar-refractivity contribution is 7.97. The van der Waals surface area contributed by atoms with E-state index in [-0.39, 0.29) is 16.9 Å². The lowest BCUT2D eigenvalue weighted by Crippen LogP contribution is -2.48. The Morgan fingerprint density at radius 2 is 1.81 bits per heavy atom. The number of alkyl halides is 3. The van der Waals surface area contributed by atoms with Gasteiger partial charge in [0.25, 0.3) is 0 Å². The summed E-state index contributed by atoms with van der Waals surface area (Å²) < 4.78 is 43.8. The second-order valence-electron chi connectivity index (χ2n) is 13.5. The Bertz CT molecular complexity index is 1810. The van der Waals surface area contributed by atoms with Gasteiger partial charge >= 0.3 is 6.18 Å². The Morgan fingerprint density at radius 1 is 1.06 bits per heavy atom. The zero-order chi connectivity index (χ0) is 33.6. The van der Waals surface area contributed by atoms with Crippen molar-refractivity contribution in [2.75, 3.05) is 50.3 Å². The molecule has 7 rings (SSSR count). The van der Waals surface area contributed by atoms with E-state index in [1.54, 1.807) is 0 Å². The van der Waals surface area contributed by atoms with Gasteiger partial charge in [-0.05, 0) is 68.9 Å². The maximum absolute atomic E-state index is 13.0. The fraction of sp³-hybridized carbons (Fsp3) is 0.559. The van der Waals surface area contributed by atoms with Crippen LogP contribution in [0.5, 0.6) is 0 Å². The van der Waals surface area contributed by atoms with E-state index in [0.717, 1.165) is 92.7 Å². The summed E-state index contributed by atoms with van der Waals surface area (Å²) in [4.78, 5) is 14.2. The van der Waals surface area contributed by atoms with Gasteiger partial charge in [0.05, 0.1) is 11.8 Å². The average molecular weight is 698 g/mol. The SMILES string of the molecule is Cc1c(CN2CCC(Nc3nc(N)nc4sc(CC(F)(F)F)cc34)CC2)ccc2c1cc(C#N)n2C[C@H](C)N1CCN(SC2CC2)CC1. The maximum atomic E-state index is 13.0. The van der Waals surface area contributed by atoms with E-state index >= 15 is 0 Å². The van der Waals surface area contributed by atoms with Crippen molar-refractivity contribution in [1.82, 2.24) is 28.6 Å². The van der Waals surface area contributed by atoms with Crippen LogP contribution in [-0.2, 0) is 19.5 Å². The Balaban J connectivity index is 0.975.